The Morgan fingerprint density at radius 3 is 2.45 bits per heavy atom. The standard InChI is InChI=1S/C25H26N2O5S/c1-15(28)33-22(16-8-3-2-4-9-16)23(29)26-19-14-17-10-5-6-11-18(17)20-12-7-13-21(25(31)32)27(20)24(19)30/h2-6,8-11,19-22H,7,12-14H2,1H3,(H,26,29)(H,31,32)/t19?,20?,21?,22-/m1/s1. The Bertz CT molecular complexity index is 1070. The number of amides is 2. The molecule has 0 bridgehead atoms. The molecule has 33 heavy (non-hydrogen) atoms. The van der Waals surface area contributed by atoms with Gasteiger partial charge in [-0.15, -0.1) is 0 Å². The van der Waals surface area contributed by atoms with E-state index in [0.29, 0.717) is 24.8 Å². The first kappa shape index (κ1) is 23.0. The molecule has 4 rings (SSSR count). The van der Waals surface area contributed by atoms with Gasteiger partial charge in [-0.2, -0.15) is 0 Å². The molecule has 0 spiro atoms. The Hall–Kier alpha value is -3.13. The molecule has 172 valence electrons. The lowest BCUT2D eigenvalue weighted by Gasteiger charge is -2.40. The minimum Gasteiger partial charge on any atom is -0.480 e. The van der Waals surface area contributed by atoms with Crippen molar-refractivity contribution in [2.24, 2.45) is 0 Å². The summed E-state index contributed by atoms with van der Waals surface area (Å²) < 4.78 is 0. The summed E-state index contributed by atoms with van der Waals surface area (Å²) in [7, 11) is 0. The minimum absolute atomic E-state index is 0.210. The molecule has 8 heteroatoms. The number of nitrogens with zero attached hydrogens (tertiary/aromatic N) is 1. The van der Waals surface area contributed by atoms with Crippen molar-refractivity contribution < 1.29 is 24.3 Å². The number of rotatable bonds is 5. The van der Waals surface area contributed by atoms with Crippen molar-refractivity contribution in [2.45, 2.75) is 56.0 Å². The number of aliphatic carboxylic acids is 1. The van der Waals surface area contributed by atoms with Gasteiger partial charge in [0.15, 0.2) is 5.12 Å². The number of thioether (sulfide) groups is 1. The zero-order chi connectivity index (χ0) is 23.5. The van der Waals surface area contributed by atoms with Crippen LogP contribution >= 0.6 is 11.8 Å². The predicted molar refractivity (Wildman–Crippen MR) is 124 cm³/mol. The first-order valence-corrected chi connectivity index (χ1v) is 11.9. The van der Waals surface area contributed by atoms with Gasteiger partial charge in [0, 0.05) is 13.3 Å². The SMILES string of the molecule is CC(=O)S[C@@H](C(=O)NC1Cc2ccccc2C2CCCC(C(=O)O)N2C1=O)c1ccccc1. The number of hydrogen-bond donors (Lipinski definition) is 2. The smallest absolute Gasteiger partial charge is 0.326 e. The van der Waals surface area contributed by atoms with Gasteiger partial charge >= 0.3 is 5.97 Å². The molecule has 2 N–H and O–H groups in total. The quantitative estimate of drug-likeness (QED) is 0.701. The number of carboxylic acids is 1. The molecule has 2 aliphatic rings. The molecule has 2 aromatic rings. The molecule has 4 atom stereocenters. The second kappa shape index (κ2) is 9.79. The fraction of sp³-hybridized carbons (Fsp3) is 0.360. The Balaban J connectivity index is 1.68. The summed E-state index contributed by atoms with van der Waals surface area (Å²) >= 11 is 0.900. The van der Waals surface area contributed by atoms with Gasteiger partial charge in [0.05, 0.1) is 6.04 Å². The molecule has 7 nitrogen and oxygen atoms in total. The highest BCUT2D eigenvalue weighted by atomic mass is 32.2. The van der Waals surface area contributed by atoms with Gasteiger partial charge in [-0.05, 0) is 36.0 Å². The maximum Gasteiger partial charge on any atom is 0.326 e. The van der Waals surface area contributed by atoms with Gasteiger partial charge in [0.2, 0.25) is 11.8 Å². The van der Waals surface area contributed by atoms with Crippen LogP contribution in [-0.4, -0.2) is 45.0 Å². The van der Waals surface area contributed by atoms with Crippen molar-refractivity contribution >= 4 is 34.7 Å². The van der Waals surface area contributed by atoms with E-state index in [9.17, 15) is 24.3 Å². The number of carboxylic acid groups (broad SMARTS) is 1. The fourth-order valence-electron chi connectivity index (χ4n) is 4.81. The Morgan fingerprint density at radius 1 is 1.06 bits per heavy atom. The molecular formula is C25H26N2O5S. The van der Waals surface area contributed by atoms with Crippen LogP contribution in [0.4, 0.5) is 0 Å². The molecule has 3 unspecified atom stereocenters. The Kier molecular flexibility index (Phi) is 6.83. The lowest BCUT2D eigenvalue weighted by molar-refractivity contribution is -0.156. The summed E-state index contributed by atoms with van der Waals surface area (Å²) in [6.07, 6.45) is 2.04. The number of hydrogen-bond acceptors (Lipinski definition) is 5. The van der Waals surface area contributed by atoms with Gasteiger partial charge in [-0.1, -0.05) is 66.4 Å². The van der Waals surface area contributed by atoms with Gasteiger partial charge in [0.25, 0.3) is 0 Å². The maximum absolute atomic E-state index is 13.7. The zero-order valence-corrected chi connectivity index (χ0v) is 19.1. The number of nitrogens with one attached hydrogen (secondary N) is 1. The van der Waals surface area contributed by atoms with E-state index >= 15 is 0 Å². The van der Waals surface area contributed by atoms with Gasteiger partial charge in [-0.3, -0.25) is 14.4 Å². The van der Waals surface area contributed by atoms with E-state index in [1.165, 1.54) is 11.8 Å². The first-order valence-electron chi connectivity index (χ1n) is 11.0. The molecule has 1 saturated heterocycles. The van der Waals surface area contributed by atoms with E-state index in [1.807, 2.05) is 30.3 Å². The van der Waals surface area contributed by atoms with Crippen LogP contribution in [0.25, 0.3) is 0 Å². The highest BCUT2D eigenvalue weighted by Gasteiger charge is 2.44. The second-order valence-electron chi connectivity index (χ2n) is 8.41. The molecule has 1 fully saturated rings. The van der Waals surface area contributed by atoms with E-state index in [0.717, 1.165) is 22.9 Å². The van der Waals surface area contributed by atoms with E-state index in [1.54, 1.807) is 24.3 Å². The number of piperidine rings is 1. The highest BCUT2D eigenvalue weighted by Crippen LogP contribution is 2.39. The summed E-state index contributed by atoms with van der Waals surface area (Å²) in [4.78, 5) is 52.3. The van der Waals surface area contributed by atoms with E-state index < -0.39 is 35.1 Å². The summed E-state index contributed by atoms with van der Waals surface area (Å²) in [5.41, 5.74) is 2.52. The van der Waals surface area contributed by atoms with Crippen molar-refractivity contribution in [3.05, 3.63) is 71.3 Å². The van der Waals surface area contributed by atoms with E-state index in [4.69, 9.17) is 0 Å². The topological polar surface area (TPSA) is 104 Å². The largest absolute Gasteiger partial charge is 0.480 e. The number of carbonyl (C=O) groups excluding carboxylic acids is 3. The third kappa shape index (κ3) is 4.80. The maximum atomic E-state index is 13.7. The lowest BCUT2D eigenvalue weighted by atomic mass is 9.89. The van der Waals surface area contributed by atoms with Crippen molar-refractivity contribution in [2.75, 3.05) is 0 Å². The second-order valence-corrected chi connectivity index (χ2v) is 9.69. The van der Waals surface area contributed by atoms with Crippen LogP contribution in [0.3, 0.4) is 0 Å². The highest BCUT2D eigenvalue weighted by molar-refractivity contribution is 8.14. The van der Waals surface area contributed by atoms with Crippen molar-refractivity contribution in [3.8, 4) is 0 Å². The summed E-state index contributed by atoms with van der Waals surface area (Å²) in [5.74, 6) is -1.87. The van der Waals surface area contributed by atoms with Crippen LogP contribution in [0.1, 0.15) is 54.2 Å². The number of carbonyl (C=O) groups is 4. The summed E-state index contributed by atoms with van der Waals surface area (Å²) in [6, 6.07) is 14.4. The number of benzene rings is 2. The van der Waals surface area contributed by atoms with Crippen LogP contribution in [-0.2, 0) is 25.6 Å². The molecule has 2 amide bonds. The van der Waals surface area contributed by atoms with E-state index in [2.05, 4.69) is 5.32 Å². The van der Waals surface area contributed by atoms with Crippen LogP contribution in [0.15, 0.2) is 54.6 Å². The molecule has 0 saturated carbocycles. The molecule has 2 aliphatic heterocycles. The minimum atomic E-state index is -1.04. The molecular weight excluding hydrogens is 440 g/mol. The molecule has 2 aromatic carbocycles. The Labute approximate surface area is 196 Å². The third-order valence-corrected chi connectivity index (χ3v) is 7.30. The predicted octanol–water partition coefficient (Wildman–Crippen LogP) is 3.26. The van der Waals surface area contributed by atoms with E-state index in [-0.39, 0.29) is 17.6 Å². The fourth-order valence-corrected chi connectivity index (χ4v) is 5.61. The summed E-state index contributed by atoms with van der Waals surface area (Å²) in [5, 5.41) is 11.7. The molecule has 0 aliphatic carbocycles. The van der Waals surface area contributed by atoms with Crippen molar-refractivity contribution in [1.82, 2.24) is 10.2 Å². The van der Waals surface area contributed by atoms with Gasteiger partial charge in [-0.25, -0.2) is 4.79 Å². The number of fused-ring (bicyclic) bond motifs is 3. The normalized spacial score (nSPS) is 23.0. The van der Waals surface area contributed by atoms with Crippen molar-refractivity contribution in [3.63, 3.8) is 0 Å². The van der Waals surface area contributed by atoms with Crippen LogP contribution in [0.5, 0.6) is 0 Å². The van der Waals surface area contributed by atoms with Crippen molar-refractivity contribution in [1.29, 1.82) is 0 Å². The summed E-state index contributed by atoms with van der Waals surface area (Å²) in [6.45, 7) is 1.40. The first-order chi connectivity index (χ1) is 15.9. The molecule has 0 radical (unpaired) electrons. The molecule has 0 aromatic heterocycles. The third-order valence-electron chi connectivity index (χ3n) is 6.24. The van der Waals surface area contributed by atoms with Crippen LogP contribution in [0.2, 0.25) is 0 Å². The Morgan fingerprint density at radius 2 is 1.76 bits per heavy atom. The van der Waals surface area contributed by atoms with Gasteiger partial charge in [0.1, 0.15) is 17.3 Å². The van der Waals surface area contributed by atoms with Crippen LogP contribution < -0.4 is 5.32 Å². The average molecular weight is 467 g/mol. The molecule has 2 heterocycles. The zero-order valence-electron chi connectivity index (χ0n) is 18.3. The van der Waals surface area contributed by atoms with Crippen LogP contribution in [0, 0.1) is 0 Å². The lowest BCUT2D eigenvalue weighted by Crippen LogP contribution is -2.56. The average Bonchev–Trinajstić information content (AvgIpc) is 2.92. The monoisotopic (exact) mass is 466 g/mol. The van der Waals surface area contributed by atoms with Gasteiger partial charge < -0.3 is 15.3 Å².